The SMILES string of the molecule is O=C([C@H]1CC(=O)N(c2ccccc2Br)C1)N1CC[C@H](N2CCCC2)C1. The Hall–Kier alpha value is -1.40. The Morgan fingerprint density at radius 3 is 2.60 bits per heavy atom. The first-order valence-corrected chi connectivity index (χ1v) is 10.0. The fourth-order valence-corrected chi connectivity index (χ4v) is 4.88. The van der Waals surface area contributed by atoms with E-state index in [1.165, 1.54) is 25.9 Å². The number of halogens is 1. The standard InChI is InChI=1S/C19H24BrN3O2/c20-16-5-1-2-6-17(16)23-12-14(11-18(23)24)19(25)22-10-7-15(13-22)21-8-3-4-9-21/h1-2,5-6,14-15H,3-4,7-13H2/t14-,15-/m0/s1. The van der Waals surface area contributed by atoms with Crippen molar-refractivity contribution in [3.05, 3.63) is 28.7 Å². The first kappa shape index (κ1) is 17.0. The van der Waals surface area contributed by atoms with Crippen molar-refractivity contribution < 1.29 is 9.59 Å². The molecule has 0 radical (unpaired) electrons. The van der Waals surface area contributed by atoms with Crippen molar-refractivity contribution in [1.82, 2.24) is 9.80 Å². The van der Waals surface area contributed by atoms with Crippen LogP contribution in [0.4, 0.5) is 5.69 Å². The molecule has 1 aromatic rings. The van der Waals surface area contributed by atoms with Crippen molar-refractivity contribution in [2.75, 3.05) is 37.6 Å². The number of carbonyl (C=O) groups is 2. The largest absolute Gasteiger partial charge is 0.341 e. The van der Waals surface area contributed by atoms with Crippen molar-refractivity contribution in [2.45, 2.75) is 31.7 Å². The number of likely N-dealkylation sites (tertiary alicyclic amines) is 2. The van der Waals surface area contributed by atoms with Gasteiger partial charge in [-0.25, -0.2) is 0 Å². The molecule has 4 rings (SSSR count). The molecule has 6 heteroatoms. The van der Waals surface area contributed by atoms with E-state index in [-0.39, 0.29) is 17.7 Å². The number of rotatable bonds is 3. The molecule has 0 spiro atoms. The fourth-order valence-electron chi connectivity index (χ4n) is 4.38. The first-order valence-electron chi connectivity index (χ1n) is 9.21. The normalized spacial score (nSPS) is 27.5. The average molecular weight is 406 g/mol. The monoisotopic (exact) mass is 405 g/mol. The Morgan fingerprint density at radius 1 is 1.08 bits per heavy atom. The lowest BCUT2D eigenvalue weighted by atomic mass is 10.1. The van der Waals surface area contributed by atoms with Crippen molar-refractivity contribution in [3.8, 4) is 0 Å². The molecule has 2 amide bonds. The number of hydrogen-bond acceptors (Lipinski definition) is 3. The van der Waals surface area contributed by atoms with E-state index in [1.807, 2.05) is 29.2 Å². The van der Waals surface area contributed by atoms with Crippen LogP contribution in [0.15, 0.2) is 28.7 Å². The minimum absolute atomic E-state index is 0.0422. The molecule has 3 saturated heterocycles. The molecule has 3 heterocycles. The summed E-state index contributed by atoms with van der Waals surface area (Å²) in [6.07, 6.45) is 3.95. The Morgan fingerprint density at radius 2 is 1.84 bits per heavy atom. The van der Waals surface area contributed by atoms with Gasteiger partial charge in [0, 0.05) is 36.6 Å². The van der Waals surface area contributed by atoms with Gasteiger partial charge in [0.15, 0.2) is 0 Å². The van der Waals surface area contributed by atoms with Gasteiger partial charge in [-0.15, -0.1) is 0 Å². The van der Waals surface area contributed by atoms with Crippen molar-refractivity contribution in [2.24, 2.45) is 5.92 Å². The highest BCUT2D eigenvalue weighted by Gasteiger charge is 2.40. The Balaban J connectivity index is 1.40. The highest BCUT2D eigenvalue weighted by molar-refractivity contribution is 9.10. The van der Waals surface area contributed by atoms with E-state index in [4.69, 9.17) is 0 Å². The molecule has 3 aliphatic heterocycles. The smallest absolute Gasteiger partial charge is 0.228 e. The van der Waals surface area contributed by atoms with Crippen molar-refractivity contribution in [1.29, 1.82) is 0 Å². The lowest BCUT2D eigenvalue weighted by molar-refractivity contribution is -0.134. The van der Waals surface area contributed by atoms with Crippen LogP contribution in [0.3, 0.4) is 0 Å². The molecule has 25 heavy (non-hydrogen) atoms. The molecule has 1 aromatic carbocycles. The maximum absolute atomic E-state index is 12.9. The topological polar surface area (TPSA) is 43.9 Å². The zero-order chi connectivity index (χ0) is 17.4. The third kappa shape index (κ3) is 3.34. The van der Waals surface area contributed by atoms with Crippen LogP contribution in [0.5, 0.6) is 0 Å². The predicted octanol–water partition coefficient (Wildman–Crippen LogP) is 2.50. The van der Waals surface area contributed by atoms with Gasteiger partial charge in [-0.05, 0) is 60.4 Å². The summed E-state index contributed by atoms with van der Waals surface area (Å²) < 4.78 is 0.895. The second-order valence-electron chi connectivity index (χ2n) is 7.33. The maximum atomic E-state index is 12.9. The summed E-state index contributed by atoms with van der Waals surface area (Å²) in [5, 5.41) is 0. The first-order chi connectivity index (χ1) is 12.1. The lowest BCUT2D eigenvalue weighted by Crippen LogP contribution is -2.40. The van der Waals surface area contributed by atoms with Gasteiger partial charge in [0.05, 0.1) is 11.6 Å². The molecule has 0 bridgehead atoms. The van der Waals surface area contributed by atoms with E-state index in [1.54, 1.807) is 4.90 Å². The van der Waals surface area contributed by atoms with Gasteiger partial charge in [-0.2, -0.15) is 0 Å². The van der Waals surface area contributed by atoms with Crippen molar-refractivity contribution in [3.63, 3.8) is 0 Å². The lowest BCUT2D eigenvalue weighted by Gasteiger charge is -2.25. The molecule has 0 unspecified atom stereocenters. The zero-order valence-corrected chi connectivity index (χ0v) is 16.0. The van der Waals surface area contributed by atoms with E-state index >= 15 is 0 Å². The second-order valence-corrected chi connectivity index (χ2v) is 8.18. The van der Waals surface area contributed by atoms with Crippen LogP contribution in [0, 0.1) is 5.92 Å². The summed E-state index contributed by atoms with van der Waals surface area (Å²) in [7, 11) is 0. The van der Waals surface area contributed by atoms with E-state index < -0.39 is 0 Å². The second kappa shape index (κ2) is 7.08. The minimum Gasteiger partial charge on any atom is -0.341 e. The molecule has 3 fully saturated rings. The Kier molecular flexibility index (Phi) is 4.82. The van der Waals surface area contributed by atoms with Gasteiger partial charge in [0.25, 0.3) is 0 Å². The Labute approximate surface area is 157 Å². The summed E-state index contributed by atoms with van der Waals surface area (Å²) in [5.41, 5.74) is 0.860. The molecule has 0 saturated carbocycles. The third-order valence-electron chi connectivity index (χ3n) is 5.75. The summed E-state index contributed by atoms with van der Waals surface area (Å²) in [6.45, 7) is 4.50. The van der Waals surface area contributed by atoms with Crippen LogP contribution in [-0.4, -0.2) is 60.4 Å². The summed E-state index contributed by atoms with van der Waals surface area (Å²) in [6, 6.07) is 8.22. The van der Waals surface area contributed by atoms with Crippen LogP contribution in [0.25, 0.3) is 0 Å². The molecule has 0 N–H and O–H groups in total. The van der Waals surface area contributed by atoms with Gasteiger partial charge >= 0.3 is 0 Å². The summed E-state index contributed by atoms with van der Waals surface area (Å²) >= 11 is 3.51. The van der Waals surface area contributed by atoms with Crippen LogP contribution < -0.4 is 4.90 Å². The predicted molar refractivity (Wildman–Crippen MR) is 100 cm³/mol. The van der Waals surface area contributed by atoms with Gasteiger partial charge in [0.1, 0.15) is 0 Å². The molecule has 2 atom stereocenters. The quantitative estimate of drug-likeness (QED) is 0.775. The highest BCUT2D eigenvalue weighted by atomic mass is 79.9. The van der Waals surface area contributed by atoms with Gasteiger partial charge < -0.3 is 9.80 Å². The summed E-state index contributed by atoms with van der Waals surface area (Å²) in [4.78, 5) is 31.7. The molecule has 3 aliphatic rings. The highest BCUT2D eigenvalue weighted by Crippen LogP contribution is 2.32. The third-order valence-corrected chi connectivity index (χ3v) is 6.42. The molecule has 5 nitrogen and oxygen atoms in total. The van der Waals surface area contributed by atoms with E-state index in [0.29, 0.717) is 19.0 Å². The van der Waals surface area contributed by atoms with Crippen LogP contribution in [0.2, 0.25) is 0 Å². The van der Waals surface area contributed by atoms with E-state index in [2.05, 4.69) is 20.8 Å². The van der Waals surface area contributed by atoms with E-state index in [0.717, 1.165) is 29.7 Å². The van der Waals surface area contributed by atoms with Gasteiger partial charge in [0.2, 0.25) is 11.8 Å². The van der Waals surface area contributed by atoms with Gasteiger partial charge in [-0.1, -0.05) is 12.1 Å². The average Bonchev–Trinajstić information content (AvgIpc) is 3.35. The number of para-hydroxylation sites is 1. The van der Waals surface area contributed by atoms with Crippen LogP contribution in [0.1, 0.15) is 25.7 Å². The van der Waals surface area contributed by atoms with Gasteiger partial charge in [-0.3, -0.25) is 14.5 Å². The number of benzene rings is 1. The number of anilines is 1. The van der Waals surface area contributed by atoms with Crippen molar-refractivity contribution >= 4 is 33.4 Å². The summed E-state index contributed by atoms with van der Waals surface area (Å²) in [5.74, 6) is -0.0120. The number of amides is 2. The maximum Gasteiger partial charge on any atom is 0.228 e. The van der Waals surface area contributed by atoms with Crippen LogP contribution in [-0.2, 0) is 9.59 Å². The molecule has 0 aromatic heterocycles. The fraction of sp³-hybridized carbons (Fsp3) is 0.579. The number of nitrogens with zero attached hydrogens (tertiary/aromatic N) is 3. The zero-order valence-electron chi connectivity index (χ0n) is 14.4. The number of carbonyl (C=O) groups excluding carboxylic acids is 2. The van der Waals surface area contributed by atoms with Crippen LogP contribution >= 0.6 is 15.9 Å². The molecular formula is C19H24BrN3O2. The Bertz CT molecular complexity index is 674. The molecular weight excluding hydrogens is 382 g/mol. The van der Waals surface area contributed by atoms with E-state index in [9.17, 15) is 9.59 Å². The number of hydrogen-bond donors (Lipinski definition) is 0. The molecule has 0 aliphatic carbocycles. The minimum atomic E-state index is -0.211. The molecule has 134 valence electrons.